The monoisotopic (exact) mass is 284 g/mol. The molecule has 0 fully saturated rings. The van der Waals surface area contributed by atoms with Crippen LogP contribution < -0.4 is 0 Å². The molecule has 1 atom stereocenters. The first-order valence-electron chi connectivity index (χ1n) is 6.64. The van der Waals surface area contributed by atoms with Gasteiger partial charge in [-0.05, 0) is 31.0 Å². The number of hydrogen-bond donors (Lipinski definition) is 0. The lowest BCUT2D eigenvalue weighted by Crippen LogP contribution is -2.50. The van der Waals surface area contributed by atoms with Gasteiger partial charge in [0.2, 0.25) is 8.32 Å². The smallest absolute Gasteiger partial charge is 0.331 e. The van der Waals surface area contributed by atoms with Gasteiger partial charge in [-0.1, -0.05) is 27.7 Å². The molecule has 0 N–H and O–H groups in total. The molecule has 0 spiro atoms. The van der Waals surface area contributed by atoms with Crippen molar-refractivity contribution in [2.45, 2.75) is 58.2 Å². The Morgan fingerprint density at radius 1 is 1.26 bits per heavy atom. The summed E-state index contributed by atoms with van der Waals surface area (Å²) in [7, 11) is -1.17. The van der Waals surface area contributed by atoms with E-state index in [4.69, 9.17) is 9.16 Å². The van der Waals surface area contributed by atoms with Crippen LogP contribution in [0.2, 0.25) is 11.1 Å². The molecule has 0 saturated heterocycles. The van der Waals surface area contributed by atoms with Crippen LogP contribution in [0.1, 0.15) is 41.5 Å². The van der Waals surface area contributed by atoms with Crippen molar-refractivity contribution in [1.82, 2.24) is 0 Å². The largest absolute Gasteiger partial charge is 0.466 e. The Bertz CT molecular complexity index is 417. The molecule has 0 bridgehead atoms. The Balaban J connectivity index is 3.45. The zero-order valence-corrected chi connectivity index (χ0v) is 13.9. The van der Waals surface area contributed by atoms with Crippen LogP contribution in [0.5, 0.6) is 0 Å². The molecule has 0 amide bonds. The highest BCUT2D eigenvalue weighted by Gasteiger charge is 2.58. The van der Waals surface area contributed by atoms with Crippen LogP contribution in [0, 0.1) is 0 Å². The standard InChI is InChI=1S/C14H24O4Si/c1-9(2)19(10(3)4)12(13(16)17-7)8-14(6,18-19)11(5)15/h8-10H,1-7H3. The van der Waals surface area contributed by atoms with E-state index in [9.17, 15) is 9.59 Å². The third-order valence-electron chi connectivity index (χ3n) is 4.04. The zero-order valence-electron chi connectivity index (χ0n) is 12.9. The Morgan fingerprint density at radius 3 is 2.05 bits per heavy atom. The van der Waals surface area contributed by atoms with Gasteiger partial charge >= 0.3 is 5.97 Å². The maximum absolute atomic E-state index is 12.1. The molecule has 5 heteroatoms. The molecule has 19 heavy (non-hydrogen) atoms. The highest BCUT2D eigenvalue weighted by atomic mass is 28.4. The Kier molecular flexibility index (Phi) is 4.42. The summed E-state index contributed by atoms with van der Waals surface area (Å²) >= 11 is 0. The second-order valence-electron chi connectivity index (χ2n) is 5.92. The van der Waals surface area contributed by atoms with Gasteiger partial charge in [-0.25, -0.2) is 4.79 Å². The van der Waals surface area contributed by atoms with Crippen molar-refractivity contribution < 1.29 is 18.8 Å². The van der Waals surface area contributed by atoms with E-state index in [0.717, 1.165) is 0 Å². The maximum atomic E-state index is 12.1. The number of ketones is 1. The number of carbonyl (C=O) groups is 2. The summed E-state index contributed by atoms with van der Waals surface area (Å²) in [4.78, 5) is 24.0. The van der Waals surface area contributed by atoms with E-state index in [0.29, 0.717) is 5.20 Å². The third kappa shape index (κ3) is 2.41. The van der Waals surface area contributed by atoms with E-state index in [2.05, 4.69) is 27.7 Å². The van der Waals surface area contributed by atoms with Crippen molar-refractivity contribution in [2.24, 2.45) is 0 Å². The van der Waals surface area contributed by atoms with Crippen LogP contribution in [0.15, 0.2) is 11.3 Å². The van der Waals surface area contributed by atoms with Crippen molar-refractivity contribution in [1.29, 1.82) is 0 Å². The fourth-order valence-corrected chi connectivity index (χ4v) is 7.83. The quantitative estimate of drug-likeness (QED) is 0.588. The SMILES string of the molecule is COC(=O)C1=CC(C)(C(C)=O)O[Si]1(C(C)C)C(C)C. The van der Waals surface area contributed by atoms with Crippen LogP contribution >= 0.6 is 0 Å². The number of esters is 1. The van der Waals surface area contributed by atoms with Gasteiger partial charge in [0, 0.05) is 0 Å². The van der Waals surface area contributed by atoms with Crippen LogP contribution in [-0.2, 0) is 18.8 Å². The van der Waals surface area contributed by atoms with Gasteiger partial charge in [0.1, 0.15) is 5.60 Å². The minimum absolute atomic E-state index is 0.0791. The van der Waals surface area contributed by atoms with E-state index >= 15 is 0 Å². The molecule has 0 aliphatic carbocycles. The van der Waals surface area contributed by atoms with Gasteiger partial charge in [-0.2, -0.15) is 0 Å². The van der Waals surface area contributed by atoms with Crippen molar-refractivity contribution in [3.05, 3.63) is 11.3 Å². The Labute approximate surface area is 116 Å². The van der Waals surface area contributed by atoms with Crippen molar-refractivity contribution in [3.63, 3.8) is 0 Å². The number of carbonyl (C=O) groups excluding carboxylic acids is 2. The number of ether oxygens (including phenoxy) is 1. The predicted octanol–water partition coefficient (Wildman–Crippen LogP) is 2.77. The first-order valence-corrected chi connectivity index (χ1v) is 8.71. The van der Waals surface area contributed by atoms with Crippen LogP contribution in [0.4, 0.5) is 0 Å². The Morgan fingerprint density at radius 2 is 1.74 bits per heavy atom. The fraction of sp³-hybridized carbons (Fsp3) is 0.714. The summed E-state index contributed by atoms with van der Waals surface area (Å²) in [5.74, 6) is -0.441. The van der Waals surface area contributed by atoms with Gasteiger partial charge in [0.25, 0.3) is 0 Å². The van der Waals surface area contributed by atoms with Crippen molar-refractivity contribution in [3.8, 4) is 0 Å². The van der Waals surface area contributed by atoms with Crippen molar-refractivity contribution in [2.75, 3.05) is 7.11 Å². The normalized spacial score (nSPS) is 25.6. The molecule has 108 valence electrons. The van der Waals surface area contributed by atoms with E-state index in [1.165, 1.54) is 14.0 Å². The summed E-state index contributed by atoms with van der Waals surface area (Å²) in [5.41, 5.74) is -0.609. The second kappa shape index (κ2) is 5.21. The maximum Gasteiger partial charge on any atom is 0.331 e. The number of methoxy groups -OCH3 is 1. The molecule has 1 aliphatic rings. The van der Waals surface area contributed by atoms with Crippen molar-refractivity contribution >= 4 is 20.1 Å². The summed E-state index contributed by atoms with van der Waals surface area (Å²) in [6, 6.07) is 0. The van der Waals surface area contributed by atoms with Crippen LogP contribution in [0.3, 0.4) is 0 Å². The molecule has 0 radical (unpaired) electrons. The minimum atomic E-state index is -2.53. The van der Waals surface area contributed by atoms with Gasteiger partial charge in [-0.3, -0.25) is 4.79 Å². The summed E-state index contributed by atoms with van der Waals surface area (Å²) in [6.45, 7) is 11.4. The number of rotatable bonds is 4. The molecule has 1 unspecified atom stereocenters. The van der Waals surface area contributed by atoms with Crippen LogP contribution in [-0.4, -0.2) is 32.8 Å². The zero-order chi connectivity index (χ0) is 15.0. The Hall–Kier alpha value is -0.943. The molecule has 0 aromatic heterocycles. The molecule has 4 nitrogen and oxygen atoms in total. The first-order chi connectivity index (χ1) is 8.61. The average Bonchev–Trinajstić information content (AvgIpc) is 2.65. The molecule has 1 rings (SSSR count). The molecule has 0 aromatic rings. The first kappa shape index (κ1) is 16.1. The number of hydrogen-bond acceptors (Lipinski definition) is 4. The molecule has 1 heterocycles. The van der Waals surface area contributed by atoms with E-state index in [1.54, 1.807) is 13.0 Å². The predicted molar refractivity (Wildman–Crippen MR) is 76.2 cm³/mol. The summed E-state index contributed by atoms with van der Waals surface area (Å²) in [5, 5.41) is 0.595. The molecular formula is C14H24O4Si. The second-order valence-corrected chi connectivity index (χ2v) is 10.6. The van der Waals surface area contributed by atoms with E-state index in [-0.39, 0.29) is 22.8 Å². The molecule has 1 aliphatic heterocycles. The fourth-order valence-electron chi connectivity index (χ4n) is 2.85. The highest BCUT2D eigenvalue weighted by Crippen LogP contribution is 2.47. The lowest BCUT2D eigenvalue weighted by atomic mass is 10.0. The van der Waals surface area contributed by atoms with Gasteiger partial charge < -0.3 is 9.16 Å². The third-order valence-corrected chi connectivity index (χ3v) is 9.42. The highest BCUT2D eigenvalue weighted by molar-refractivity contribution is 6.88. The number of Topliss-reactive ketones (excluding diaryl/α,β-unsaturated/α-hetero) is 1. The topological polar surface area (TPSA) is 52.6 Å². The van der Waals surface area contributed by atoms with Gasteiger partial charge in [0.05, 0.1) is 12.3 Å². The summed E-state index contributed by atoms with van der Waals surface area (Å²) < 4.78 is 11.2. The molecular weight excluding hydrogens is 260 g/mol. The summed E-state index contributed by atoms with van der Waals surface area (Å²) in [6.07, 6.45) is 1.69. The van der Waals surface area contributed by atoms with E-state index in [1.807, 2.05) is 0 Å². The average molecular weight is 284 g/mol. The lowest BCUT2D eigenvalue weighted by molar-refractivity contribution is -0.135. The van der Waals surface area contributed by atoms with Gasteiger partial charge in [-0.15, -0.1) is 0 Å². The minimum Gasteiger partial charge on any atom is -0.466 e. The molecule has 0 saturated carbocycles. The lowest BCUT2D eigenvalue weighted by Gasteiger charge is -2.38. The van der Waals surface area contributed by atoms with Gasteiger partial charge in [0.15, 0.2) is 5.78 Å². The molecule has 0 aromatic carbocycles. The van der Waals surface area contributed by atoms with E-state index < -0.39 is 13.9 Å². The van der Waals surface area contributed by atoms with Crippen LogP contribution in [0.25, 0.3) is 0 Å².